The standard InChI is InChI=1S/C18H18ClN5O/c1-2-25-15-9-7-14(8-10-15)22-18-23-17(12-21-24-18)20-11-13-5-3-4-6-16(13)19/h3-10,12H,2,11H2,1H3,(H2,20,22,23,24). The third kappa shape index (κ3) is 4.81. The molecule has 3 aromatic rings. The molecule has 7 heteroatoms. The van der Waals surface area contributed by atoms with E-state index >= 15 is 0 Å². The van der Waals surface area contributed by atoms with Crippen molar-refractivity contribution in [3.63, 3.8) is 0 Å². The molecular formula is C18H18ClN5O. The third-order valence-corrected chi connectivity index (χ3v) is 3.77. The van der Waals surface area contributed by atoms with Gasteiger partial charge in [-0.1, -0.05) is 29.8 Å². The topological polar surface area (TPSA) is 72.0 Å². The van der Waals surface area contributed by atoms with Crippen LogP contribution in [0.5, 0.6) is 5.75 Å². The summed E-state index contributed by atoms with van der Waals surface area (Å²) in [5.41, 5.74) is 1.84. The van der Waals surface area contributed by atoms with E-state index in [0.29, 0.717) is 29.9 Å². The predicted octanol–water partition coefficient (Wildman–Crippen LogP) is 4.28. The fourth-order valence-corrected chi connectivity index (χ4v) is 2.40. The number of benzene rings is 2. The van der Waals surface area contributed by atoms with Crippen molar-refractivity contribution in [2.24, 2.45) is 0 Å². The lowest BCUT2D eigenvalue weighted by molar-refractivity contribution is 0.340. The first-order chi connectivity index (χ1) is 12.2. The molecule has 25 heavy (non-hydrogen) atoms. The second kappa shape index (κ2) is 8.30. The van der Waals surface area contributed by atoms with E-state index in [9.17, 15) is 0 Å². The van der Waals surface area contributed by atoms with Gasteiger partial charge in [-0.25, -0.2) is 0 Å². The molecule has 2 N–H and O–H groups in total. The Kier molecular flexibility index (Phi) is 5.64. The van der Waals surface area contributed by atoms with Gasteiger partial charge in [-0.15, -0.1) is 5.10 Å². The van der Waals surface area contributed by atoms with Crippen LogP contribution in [-0.2, 0) is 6.54 Å². The minimum absolute atomic E-state index is 0.410. The molecule has 128 valence electrons. The molecule has 0 saturated heterocycles. The molecule has 0 fully saturated rings. The molecule has 2 aromatic carbocycles. The lowest BCUT2D eigenvalue weighted by Crippen LogP contribution is -2.06. The molecule has 0 aliphatic carbocycles. The molecule has 0 bridgehead atoms. The van der Waals surface area contributed by atoms with Crippen LogP contribution in [0.1, 0.15) is 12.5 Å². The highest BCUT2D eigenvalue weighted by molar-refractivity contribution is 6.31. The predicted molar refractivity (Wildman–Crippen MR) is 99.5 cm³/mol. The molecule has 0 radical (unpaired) electrons. The smallest absolute Gasteiger partial charge is 0.249 e. The Labute approximate surface area is 151 Å². The second-order valence-corrected chi connectivity index (χ2v) is 5.60. The normalized spacial score (nSPS) is 10.3. The first-order valence-corrected chi connectivity index (χ1v) is 8.29. The van der Waals surface area contributed by atoms with Gasteiger partial charge in [0.1, 0.15) is 5.75 Å². The van der Waals surface area contributed by atoms with Gasteiger partial charge in [0.05, 0.1) is 12.8 Å². The van der Waals surface area contributed by atoms with E-state index in [1.807, 2.05) is 55.5 Å². The largest absolute Gasteiger partial charge is 0.494 e. The highest BCUT2D eigenvalue weighted by Crippen LogP contribution is 2.19. The van der Waals surface area contributed by atoms with Gasteiger partial charge >= 0.3 is 0 Å². The number of nitrogens with zero attached hydrogens (tertiary/aromatic N) is 3. The number of anilines is 3. The van der Waals surface area contributed by atoms with E-state index in [1.54, 1.807) is 6.20 Å². The molecule has 1 heterocycles. The van der Waals surface area contributed by atoms with Gasteiger partial charge in [0, 0.05) is 17.3 Å². The van der Waals surface area contributed by atoms with Gasteiger partial charge in [-0.05, 0) is 42.8 Å². The maximum absolute atomic E-state index is 6.15. The minimum Gasteiger partial charge on any atom is -0.494 e. The van der Waals surface area contributed by atoms with E-state index in [0.717, 1.165) is 17.0 Å². The summed E-state index contributed by atoms with van der Waals surface area (Å²) in [6.45, 7) is 3.15. The summed E-state index contributed by atoms with van der Waals surface area (Å²) >= 11 is 6.15. The van der Waals surface area contributed by atoms with E-state index < -0.39 is 0 Å². The minimum atomic E-state index is 0.410. The summed E-state index contributed by atoms with van der Waals surface area (Å²) in [4.78, 5) is 4.40. The molecule has 0 unspecified atom stereocenters. The second-order valence-electron chi connectivity index (χ2n) is 5.19. The van der Waals surface area contributed by atoms with E-state index in [2.05, 4.69) is 25.8 Å². The molecule has 0 aliphatic heterocycles. The Morgan fingerprint density at radius 3 is 2.64 bits per heavy atom. The highest BCUT2D eigenvalue weighted by atomic mass is 35.5. The Hall–Kier alpha value is -2.86. The van der Waals surface area contributed by atoms with Crippen molar-refractivity contribution in [1.82, 2.24) is 15.2 Å². The molecule has 0 aliphatic rings. The summed E-state index contributed by atoms with van der Waals surface area (Å²) in [7, 11) is 0. The van der Waals surface area contributed by atoms with Gasteiger partial charge < -0.3 is 15.4 Å². The molecule has 0 saturated carbocycles. The van der Waals surface area contributed by atoms with E-state index in [4.69, 9.17) is 16.3 Å². The average molecular weight is 356 g/mol. The van der Waals surface area contributed by atoms with Gasteiger partial charge in [0.2, 0.25) is 5.95 Å². The first-order valence-electron chi connectivity index (χ1n) is 7.91. The van der Waals surface area contributed by atoms with Crippen LogP contribution in [0.3, 0.4) is 0 Å². The summed E-state index contributed by atoms with van der Waals surface area (Å²) in [5, 5.41) is 15.0. The fourth-order valence-electron chi connectivity index (χ4n) is 2.20. The summed E-state index contributed by atoms with van der Waals surface area (Å²) in [6, 6.07) is 15.2. The molecule has 0 spiro atoms. The van der Waals surface area contributed by atoms with Crippen LogP contribution in [0.2, 0.25) is 5.02 Å². The van der Waals surface area contributed by atoms with Crippen LogP contribution in [0.25, 0.3) is 0 Å². The van der Waals surface area contributed by atoms with Crippen molar-refractivity contribution in [3.8, 4) is 5.75 Å². The van der Waals surface area contributed by atoms with Crippen molar-refractivity contribution in [1.29, 1.82) is 0 Å². The van der Waals surface area contributed by atoms with Gasteiger partial charge in [-0.3, -0.25) is 0 Å². The zero-order valence-electron chi connectivity index (χ0n) is 13.7. The van der Waals surface area contributed by atoms with Gasteiger partial charge in [0.15, 0.2) is 5.82 Å². The number of ether oxygens (including phenoxy) is 1. The van der Waals surface area contributed by atoms with Crippen LogP contribution < -0.4 is 15.4 Å². The molecule has 1 aromatic heterocycles. The van der Waals surface area contributed by atoms with Gasteiger partial charge in [0.25, 0.3) is 0 Å². The number of aromatic nitrogens is 3. The van der Waals surface area contributed by atoms with E-state index in [1.165, 1.54) is 0 Å². The number of hydrogen-bond donors (Lipinski definition) is 2. The number of halogens is 1. The Morgan fingerprint density at radius 1 is 1.08 bits per heavy atom. The number of rotatable bonds is 7. The quantitative estimate of drug-likeness (QED) is 0.659. The van der Waals surface area contributed by atoms with Gasteiger partial charge in [-0.2, -0.15) is 10.1 Å². The molecule has 0 amide bonds. The monoisotopic (exact) mass is 355 g/mol. The number of nitrogens with one attached hydrogen (secondary N) is 2. The highest BCUT2D eigenvalue weighted by Gasteiger charge is 2.03. The summed E-state index contributed by atoms with van der Waals surface area (Å²) in [5.74, 6) is 1.85. The summed E-state index contributed by atoms with van der Waals surface area (Å²) in [6.07, 6.45) is 1.57. The first kappa shape index (κ1) is 17.0. The maximum atomic E-state index is 6.15. The van der Waals surface area contributed by atoms with Crippen LogP contribution in [0.4, 0.5) is 17.5 Å². The average Bonchev–Trinajstić information content (AvgIpc) is 2.63. The van der Waals surface area contributed by atoms with Crippen molar-refractivity contribution in [2.75, 3.05) is 17.2 Å². The zero-order chi connectivity index (χ0) is 17.5. The zero-order valence-corrected chi connectivity index (χ0v) is 14.5. The maximum Gasteiger partial charge on any atom is 0.249 e. The van der Waals surface area contributed by atoms with Crippen LogP contribution in [0.15, 0.2) is 54.7 Å². The van der Waals surface area contributed by atoms with Crippen molar-refractivity contribution < 1.29 is 4.74 Å². The Balaban J connectivity index is 1.64. The molecule has 3 rings (SSSR count). The SMILES string of the molecule is CCOc1ccc(Nc2nncc(NCc3ccccc3Cl)n2)cc1. The molecule has 0 atom stereocenters. The fraction of sp³-hybridized carbons (Fsp3) is 0.167. The third-order valence-electron chi connectivity index (χ3n) is 3.40. The molecular weight excluding hydrogens is 338 g/mol. The van der Waals surface area contributed by atoms with E-state index in [-0.39, 0.29) is 0 Å². The van der Waals surface area contributed by atoms with Crippen molar-refractivity contribution >= 4 is 29.1 Å². The Morgan fingerprint density at radius 2 is 1.88 bits per heavy atom. The lowest BCUT2D eigenvalue weighted by Gasteiger charge is -2.09. The number of hydrogen-bond acceptors (Lipinski definition) is 6. The van der Waals surface area contributed by atoms with Crippen LogP contribution in [0, 0.1) is 0 Å². The van der Waals surface area contributed by atoms with Crippen molar-refractivity contribution in [3.05, 3.63) is 65.3 Å². The van der Waals surface area contributed by atoms with Crippen LogP contribution in [-0.4, -0.2) is 21.8 Å². The summed E-state index contributed by atoms with van der Waals surface area (Å²) < 4.78 is 5.42. The Bertz CT molecular complexity index is 826. The van der Waals surface area contributed by atoms with Crippen molar-refractivity contribution in [2.45, 2.75) is 13.5 Å². The molecule has 6 nitrogen and oxygen atoms in total. The lowest BCUT2D eigenvalue weighted by atomic mass is 10.2. The van der Waals surface area contributed by atoms with Crippen LogP contribution >= 0.6 is 11.6 Å².